The SMILES string of the molecule is CC/C=C/C/C=C/C/C=C/C/C=C/C/C=C/CCCC(=O)OC[C@@H](COP(=O)(O)OC1C(O)C(O)C(O)[C@H](O)C1O)OC(=O)CCCCCCCCC/C=C/CCCCCCCC. The highest BCUT2D eigenvalue weighted by molar-refractivity contribution is 7.47. The second-order valence-electron chi connectivity index (χ2n) is 16.2. The molecule has 0 bridgehead atoms. The van der Waals surface area contributed by atoms with Crippen LogP contribution < -0.4 is 0 Å². The zero-order valence-corrected chi connectivity index (χ0v) is 39.2. The number of ether oxygens (including phenoxy) is 2. The molecule has 14 heteroatoms. The molecule has 0 radical (unpaired) electrons. The predicted octanol–water partition coefficient (Wildman–Crippen LogP) is 9.50. The van der Waals surface area contributed by atoms with E-state index in [0.29, 0.717) is 19.3 Å². The predicted molar refractivity (Wildman–Crippen MR) is 249 cm³/mol. The Morgan fingerprint density at radius 1 is 0.508 bits per heavy atom. The third kappa shape index (κ3) is 31.0. The van der Waals surface area contributed by atoms with Gasteiger partial charge in [0.25, 0.3) is 0 Å². The normalized spacial score (nSPS) is 22.3. The summed E-state index contributed by atoms with van der Waals surface area (Å²) in [5.41, 5.74) is 0. The van der Waals surface area contributed by atoms with Crippen LogP contribution in [0, 0.1) is 0 Å². The maximum Gasteiger partial charge on any atom is 0.472 e. The third-order valence-electron chi connectivity index (χ3n) is 10.5. The van der Waals surface area contributed by atoms with E-state index in [1.165, 1.54) is 44.9 Å². The van der Waals surface area contributed by atoms with Crippen molar-refractivity contribution in [1.29, 1.82) is 0 Å². The molecule has 1 fully saturated rings. The number of aliphatic hydroxyl groups excluding tert-OH is 5. The summed E-state index contributed by atoms with van der Waals surface area (Å²) >= 11 is 0. The van der Waals surface area contributed by atoms with E-state index in [0.717, 1.165) is 77.0 Å². The van der Waals surface area contributed by atoms with Crippen molar-refractivity contribution in [2.75, 3.05) is 13.2 Å². The molecule has 0 aromatic heterocycles. The Hall–Kier alpha value is -2.71. The van der Waals surface area contributed by atoms with Crippen molar-refractivity contribution in [2.24, 2.45) is 0 Å². The van der Waals surface area contributed by atoms with Gasteiger partial charge in [-0.25, -0.2) is 4.57 Å². The van der Waals surface area contributed by atoms with Crippen LogP contribution in [0.15, 0.2) is 72.9 Å². The number of aliphatic hydroxyl groups is 5. The van der Waals surface area contributed by atoms with Gasteiger partial charge in [-0.2, -0.15) is 0 Å². The van der Waals surface area contributed by atoms with Gasteiger partial charge in [0.2, 0.25) is 0 Å². The highest BCUT2D eigenvalue weighted by Gasteiger charge is 2.51. The fourth-order valence-electron chi connectivity index (χ4n) is 6.73. The number of carbonyl (C=O) groups excluding carboxylic acids is 2. The largest absolute Gasteiger partial charge is 0.472 e. The summed E-state index contributed by atoms with van der Waals surface area (Å²) in [6.45, 7) is 3.13. The molecule has 0 heterocycles. The topological polar surface area (TPSA) is 210 Å². The fraction of sp³-hybridized carbons (Fsp3) is 0.714. The van der Waals surface area contributed by atoms with Gasteiger partial charge in [0.1, 0.15) is 43.2 Å². The summed E-state index contributed by atoms with van der Waals surface area (Å²) in [4.78, 5) is 35.7. The molecule has 0 aliphatic heterocycles. The van der Waals surface area contributed by atoms with Crippen LogP contribution in [-0.4, -0.2) is 98.3 Å². The lowest BCUT2D eigenvalue weighted by molar-refractivity contribution is -0.220. The van der Waals surface area contributed by atoms with Crippen LogP contribution in [0.2, 0.25) is 0 Å². The van der Waals surface area contributed by atoms with Crippen molar-refractivity contribution < 1.29 is 63.1 Å². The molecule has 0 aromatic rings. The average molecular weight is 911 g/mol. The summed E-state index contributed by atoms with van der Waals surface area (Å²) < 4.78 is 33.5. The number of carbonyl (C=O) groups is 2. The molecular formula is C49H83O13P. The van der Waals surface area contributed by atoms with Crippen molar-refractivity contribution in [2.45, 2.75) is 211 Å². The number of rotatable bonds is 38. The average Bonchev–Trinajstić information content (AvgIpc) is 3.26. The van der Waals surface area contributed by atoms with Crippen LogP contribution in [0.5, 0.6) is 0 Å². The molecular weight excluding hydrogens is 827 g/mol. The van der Waals surface area contributed by atoms with Crippen molar-refractivity contribution in [3.8, 4) is 0 Å². The molecule has 362 valence electrons. The van der Waals surface area contributed by atoms with Gasteiger partial charge in [-0.15, -0.1) is 0 Å². The van der Waals surface area contributed by atoms with E-state index in [9.17, 15) is 44.6 Å². The highest BCUT2D eigenvalue weighted by Crippen LogP contribution is 2.47. The smallest absolute Gasteiger partial charge is 0.462 e. The number of phosphoric acid groups is 1. The molecule has 6 N–H and O–H groups in total. The van der Waals surface area contributed by atoms with Crippen LogP contribution >= 0.6 is 7.82 Å². The minimum Gasteiger partial charge on any atom is -0.462 e. The molecule has 0 aromatic carbocycles. The van der Waals surface area contributed by atoms with E-state index in [1.807, 2.05) is 12.2 Å². The van der Waals surface area contributed by atoms with Gasteiger partial charge >= 0.3 is 19.8 Å². The Morgan fingerprint density at radius 3 is 1.44 bits per heavy atom. The lowest BCUT2D eigenvalue weighted by Crippen LogP contribution is -2.64. The number of unbranched alkanes of at least 4 members (excludes halogenated alkanes) is 14. The second-order valence-corrected chi connectivity index (χ2v) is 17.6. The summed E-state index contributed by atoms with van der Waals surface area (Å²) in [7, 11) is -5.14. The van der Waals surface area contributed by atoms with Crippen molar-refractivity contribution in [3.63, 3.8) is 0 Å². The van der Waals surface area contributed by atoms with E-state index in [1.54, 1.807) is 0 Å². The van der Waals surface area contributed by atoms with Crippen LogP contribution in [0.25, 0.3) is 0 Å². The minimum absolute atomic E-state index is 0.0763. The van der Waals surface area contributed by atoms with Crippen LogP contribution in [0.4, 0.5) is 0 Å². The van der Waals surface area contributed by atoms with Crippen LogP contribution in [0.1, 0.15) is 168 Å². The zero-order valence-electron chi connectivity index (χ0n) is 38.3. The van der Waals surface area contributed by atoms with E-state index in [2.05, 4.69) is 74.6 Å². The Kier molecular flexibility index (Phi) is 35.7. The first-order valence-corrected chi connectivity index (χ1v) is 25.2. The molecule has 0 spiro atoms. The standard InChI is InChI=1S/C49H83O13P/c1-3-5-7-9-11-13-15-17-19-21-23-25-27-29-31-33-35-37-42(50)59-39-41(40-60-63(57,58)62-49-47(55)45(53)44(52)46(54)48(49)56)61-43(51)38-36-34-32-30-28-26-24-22-20-18-16-14-12-10-8-6-4-2/h5,7,11,13,17-20,23,25,29,31,41,44-49,52-56H,3-4,6,8-10,12,14-16,21-22,24,26-28,30,32-40H2,1-2H3,(H,57,58)/b7-5+,13-11+,19-17+,20-18+,25-23+,31-29+/t41-,44?,45-,46?,47?,48?,49?/m0/s1. The third-order valence-corrected chi connectivity index (χ3v) is 11.5. The van der Waals surface area contributed by atoms with Crippen molar-refractivity contribution in [1.82, 2.24) is 0 Å². The van der Waals surface area contributed by atoms with E-state index in [-0.39, 0.29) is 12.8 Å². The first-order chi connectivity index (χ1) is 30.4. The number of esters is 2. The quantitative estimate of drug-likeness (QED) is 0.0148. The van der Waals surface area contributed by atoms with Gasteiger partial charge in [0, 0.05) is 12.8 Å². The van der Waals surface area contributed by atoms with Crippen LogP contribution in [-0.2, 0) is 32.7 Å². The number of phosphoric ester groups is 1. The second kappa shape index (κ2) is 38.5. The summed E-state index contributed by atoms with van der Waals surface area (Å²) in [5, 5.41) is 50.2. The molecule has 1 aliphatic rings. The molecule has 1 aliphatic carbocycles. The van der Waals surface area contributed by atoms with E-state index < -0.39 is 75.7 Å². The first-order valence-electron chi connectivity index (χ1n) is 23.7. The minimum atomic E-state index is -5.14. The van der Waals surface area contributed by atoms with E-state index in [4.69, 9.17) is 18.5 Å². The fourth-order valence-corrected chi connectivity index (χ4v) is 7.70. The van der Waals surface area contributed by atoms with Crippen molar-refractivity contribution >= 4 is 19.8 Å². The highest BCUT2D eigenvalue weighted by atomic mass is 31.2. The monoisotopic (exact) mass is 911 g/mol. The number of allylic oxidation sites excluding steroid dienone is 12. The Bertz CT molecular complexity index is 1380. The lowest BCUT2D eigenvalue weighted by atomic mass is 9.85. The molecule has 1 saturated carbocycles. The van der Waals surface area contributed by atoms with Crippen molar-refractivity contribution in [3.05, 3.63) is 72.9 Å². The summed E-state index contributed by atoms with van der Waals surface area (Å²) in [6.07, 6.45) is 35.3. The Morgan fingerprint density at radius 2 is 0.921 bits per heavy atom. The molecule has 6 unspecified atom stereocenters. The van der Waals surface area contributed by atoms with Crippen LogP contribution in [0.3, 0.4) is 0 Å². The summed E-state index contributed by atoms with van der Waals surface area (Å²) in [5.74, 6) is -1.18. The van der Waals surface area contributed by atoms with Gasteiger partial charge in [-0.3, -0.25) is 18.6 Å². The maximum absolute atomic E-state index is 12.8. The molecule has 13 nitrogen and oxygen atoms in total. The molecule has 0 saturated heterocycles. The molecule has 1 rings (SSSR count). The number of hydrogen-bond donors (Lipinski definition) is 6. The van der Waals surface area contributed by atoms with E-state index >= 15 is 0 Å². The van der Waals surface area contributed by atoms with Gasteiger partial charge in [0.15, 0.2) is 6.10 Å². The maximum atomic E-state index is 12.8. The molecule has 0 amide bonds. The Balaban J connectivity index is 2.49. The lowest BCUT2D eigenvalue weighted by Gasteiger charge is -2.41. The molecule has 63 heavy (non-hydrogen) atoms. The van der Waals surface area contributed by atoms with Gasteiger partial charge < -0.3 is 39.9 Å². The van der Waals surface area contributed by atoms with Gasteiger partial charge in [0.05, 0.1) is 6.61 Å². The van der Waals surface area contributed by atoms with Gasteiger partial charge in [-0.1, -0.05) is 151 Å². The summed E-state index contributed by atoms with van der Waals surface area (Å²) in [6, 6.07) is 0. The number of hydrogen-bond acceptors (Lipinski definition) is 12. The molecule has 8 atom stereocenters. The first kappa shape index (κ1) is 58.3. The Labute approximate surface area is 378 Å². The zero-order chi connectivity index (χ0) is 46.4. The van der Waals surface area contributed by atoms with Gasteiger partial charge in [-0.05, 0) is 77.0 Å².